The van der Waals surface area contributed by atoms with Gasteiger partial charge in [-0.15, -0.1) is 0 Å². The Kier molecular flexibility index (Phi) is 6.23. The van der Waals surface area contributed by atoms with E-state index in [1.165, 1.54) is 4.90 Å². The van der Waals surface area contributed by atoms with Gasteiger partial charge in [0.2, 0.25) is 5.91 Å². The van der Waals surface area contributed by atoms with E-state index < -0.39 is 23.8 Å². The van der Waals surface area contributed by atoms with Crippen molar-refractivity contribution in [3.05, 3.63) is 35.4 Å². The third-order valence-electron chi connectivity index (χ3n) is 4.30. The lowest BCUT2D eigenvalue weighted by Gasteiger charge is -2.25. The van der Waals surface area contributed by atoms with Gasteiger partial charge in [-0.2, -0.15) is 5.26 Å². The smallest absolute Gasteiger partial charge is 0.223 e. The summed E-state index contributed by atoms with van der Waals surface area (Å²) in [6.07, 6.45) is 0.131. The van der Waals surface area contributed by atoms with Crippen molar-refractivity contribution in [1.82, 2.24) is 9.80 Å². The van der Waals surface area contributed by atoms with E-state index in [1.54, 1.807) is 11.9 Å². The van der Waals surface area contributed by atoms with Crippen LogP contribution >= 0.6 is 0 Å². The van der Waals surface area contributed by atoms with Crippen LogP contribution in [-0.4, -0.2) is 53.6 Å². The molecular weight excluding hydrogens is 316 g/mol. The molecule has 1 fully saturated rings. The van der Waals surface area contributed by atoms with Gasteiger partial charge in [0.25, 0.3) is 0 Å². The van der Waals surface area contributed by atoms with Gasteiger partial charge in [0.05, 0.1) is 18.6 Å². The molecule has 0 spiro atoms. The first-order valence-electron chi connectivity index (χ1n) is 7.90. The van der Waals surface area contributed by atoms with E-state index in [0.717, 1.165) is 18.2 Å². The molecule has 0 radical (unpaired) electrons. The summed E-state index contributed by atoms with van der Waals surface area (Å²) in [7, 11) is 1.63. The number of likely N-dealkylation sites (tertiary alicyclic amines) is 1. The maximum Gasteiger partial charge on any atom is 0.223 e. The predicted octanol–water partition coefficient (Wildman–Crippen LogP) is 1.83. The highest BCUT2D eigenvalue weighted by Gasteiger charge is 2.34. The van der Waals surface area contributed by atoms with E-state index in [4.69, 9.17) is 5.26 Å². The minimum atomic E-state index is -0.635. The summed E-state index contributed by atoms with van der Waals surface area (Å²) in [5.74, 6) is -1.16. The Morgan fingerprint density at radius 3 is 2.96 bits per heavy atom. The van der Waals surface area contributed by atoms with Crippen LogP contribution in [0.15, 0.2) is 18.2 Å². The highest BCUT2D eigenvalue weighted by Crippen LogP contribution is 2.34. The summed E-state index contributed by atoms with van der Waals surface area (Å²) >= 11 is 0. The first kappa shape index (κ1) is 18.3. The number of aliphatic hydroxyl groups excluding tert-OH is 1. The molecule has 0 unspecified atom stereocenters. The summed E-state index contributed by atoms with van der Waals surface area (Å²) < 4.78 is 27.4. The normalized spacial score (nSPS) is 20.8. The van der Waals surface area contributed by atoms with Gasteiger partial charge < -0.3 is 10.0 Å². The lowest BCUT2D eigenvalue weighted by atomic mass is 10.0. The second-order valence-corrected chi connectivity index (χ2v) is 6.04. The maximum absolute atomic E-state index is 14.0. The molecule has 1 aliphatic rings. The van der Waals surface area contributed by atoms with Crippen LogP contribution in [0.2, 0.25) is 0 Å². The van der Waals surface area contributed by atoms with Crippen LogP contribution in [0.1, 0.15) is 30.9 Å². The van der Waals surface area contributed by atoms with Crippen molar-refractivity contribution in [2.75, 3.05) is 26.7 Å². The molecule has 2 rings (SSSR count). The number of halogens is 2. The SMILES string of the molecule is CN(CCC#N)C(=O)CCN1C[C@H](O)C[C@@H]1c1cc(F)ccc1F. The average Bonchev–Trinajstić information content (AvgIpc) is 2.93. The molecule has 130 valence electrons. The van der Waals surface area contributed by atoms with Crippen molar-refractivity contribution >= 4 is 5.91 Å². The van der Waals surface area contributed by atoms with E-state index in [1.807, 2.05) is 6.07 Å². The summed E-state index contributed by atoms with van der Waals surface area (Å²) in [6, 6.07) is 4.81. The number of hydrogen-bond donors (Lipinski definition) is 1. The summed E-state index contributed by atoms with van der Waals surface area (Å²) in [5.41, 5.74) is 0.205. The van der Waals surface area contributed by atoms with Gasteiger partial charge in [0.15, 0.2) is 0 Å². The number of carbonyl (C=O) groups excluding carboxylic acids is 1. The second-order valence-electron chi connectivity index (χ2n) is 6.04. The fourth-order valence-corrected chi connectivity index (χ4v) is 2.99. The van der Waals surface area contributed by atoms with Gasteiger partial charge >= 0.3 is 0 Å². The first-order valence-corrected chi connectivity index (χ1v) is 7.90. The number of β-amino-alcohol motifs (C(OH)–C–C–N with tert-alkyl or cyclic N) is 1. The molecule has 1 heterocycles. The highest BCUT2D eigenvalue weighted by atomic mass is 19.1. The number of carbonyl (C=O) groups is 1. The quantitative estimate of drug-likeness (QED) is 0.860. The monoisotopic (exact) mass is 337 g/mol. The molecule has 0 bridgehead atoms. The topological polar surface area (TPSA) is 67.6 Å². The minimum absolute atomic E-state index is 0.120. The zero-order valence-electron chi connectivity index (χ0n) is 13.6. The third kappa shape index (κ3) is 4.49. The maximum atomic E-state index is 14.0. The standard InChI is InChI=1S/C17H21F2N3O2/c1-21(7-2-6-20)17(24)5-8-22-11-13(23)10-16(22)14-9-12(18)3-4-15(14)19/h3-4,9,13,16,23H,2,5,7-8,10-11H2,1H3/t13-,16-/m1/s1. The average molecular weight is 337 g/mol. The summed E-state index contributed by atoms with van der Waals surface area (Å²) in [4.78, 5) is 15.3. The Morgan fingerprint density at radius 1 is 1.50 bits per heavy atom. The molecule has 1 aliphatic heterocycles. The van der Waals surface area contributed by atoms with Crippen molar-refractivity contribution in [3.63, 3.8) is 0 Å². The lowest BCUT2D eigenvalue weighted by molar-refractivity contribution is -0.130. The van der Waals surface area contributed by atoms with Crippen LogP contribution in [0.5, 0.6) is 0 Å². The van der Waals surface area contributed by atoms with E-state index in [9.17, 15) is 18.7 Å². The Balaban J connectivity index is 2.02. The third-order valence-corrected chi connectivity index (χ3v) is 4.30. The number of nitriles is 1. The van der Waals surface area contributed by atoms with Crippen molar-refractivity contribution < 1.29 is 18.7 Å². The van der Waals surface area contributed by atoms with Crippen molar-refractivity contribution in [1.29, 1.82) is 5.26 Å². The molecule has 2 atom stereocenters. The zero-order chi connectivity index (χ0) is 17.7. The fraction of sp³-hybridized carbons (Fsp3) is 0.529. The van der Waals surface area contributed by atoms with Crippen LogP contribution in [0, 0.1) is 23.0 Å². The Bertz CT molecular complexity index is 633. The van der Waals surface area contributed by atoms with Crippen molar-refractivity contribution in [3.8, 4) is 6.07 Å². The largest absolute Gasteiger partial charge is 0.392 e. The number of aliphatic hydroxyl groups is 1. The molecule has 1 N–H and O–H groups in total. The molecule has 1 aromatic carbocycles. The van der Waals surface area contributed by atoms with E-state index in [0.29, 0.717) is 26.1 Å². The number of nitrogens with zero attached hydrogens (tertiary/aromatic N) is 3. The predicted molar refractivity (Wildman–Crippen MR) is 83.8 cm³/mol. The fourth-order valence-electron chi connectivity index (χ4n) is 2.99. The van der Waals surface area contributed by atoms with Gasteiger partial charge in [-0.3, -0.25) is 9.69 Å². The molecule has 0 saturated carbocycles. The molecule has 5 nitrogen and oxygen atoms in total. The van der Waals surface area contributed by atoms with E-state index >= 15 is 0 Å². The van der Waals surface area contributed by atoms with Gasteiger partial charge in [-0.25, -0.2) is 8.78 Å². The van der Waals surface area contributed by atoms with E-state index in [-0.39, 0.29) is 24.3 Å². The molecule has 0 aliphatic carbocycles. The number of amides is 1. The van der Waals surface area contributed by atoms with Gasteiger partial charge in [-0.05, 0) is 24.6 Å². The van der Waals surface area contributed by atoms with Crippen molar-refractivity contribution in [2.45, 2.75) is 31.4 Å². The molecule has 1 saturated heterocycles. The van der Waals surface area contributed by atoms with Crippen molar-refractivity contribution in [2.24, 2.45) is 0 Å². The molecule has 24 heavy (non-hydrogen) atoms. The minimum Gasteiger partial charge on any atom is -0.392 e. The Labute approximate surface area is 140 Å². The lowest BCUT2D eigenvalue weighted by Crippen LogP contribution is -2.33. The van der Waals surface area contributed by atoms with Crippen LogP contribution in [0.4, 0.5) is 8.78 Å². The van der Waals surface area contributed by atoms with Crippen LogP contribution in [0.25, 0.3) is 0 Å². The zero-order valence-corrected chi connectivity index (χ0v) is 13.6. The Morgan fingerprint density at radius 2 is 2.25 bits per heavy atom. The Hall–Kier alpha value is -2.04. The second kappa shape index (κ2) is 8.18. The van der Waals surface area contributed by atoms with Crippen LogP contribution < -0.4 is 0 Å². The number of rotatable bonds is 6. The van der Waals surface area contributed by atoms with E-state index in [2.05, 4.69) is 0 Å². The number of benzene rings is 1. The highest BCUT2D eigenvalue weighted by molar-refractivity contribution is 5.76. The number of hydrogen-bond acceptors (Lipinski definition) is 4. The van der Waals surface area contributed by atoms with Crippen LogP contribution in [0.3, 0.4) is 0 Å². The van der Waals surface area contributed by atoms with Gasteiger partial charge in [0, 0.05) is 44.7 Å². The van der Waals surface area contributed by atoms with Gasteiger partial charge in [-0.1, -0.05) is 0 Å². The van der Waals surface area contributed by atoms with Gasteiger partial charge in [0.1, 0.15) is 11.6 Å². The molecule has 7 heteroatoms. The molecule has 0 aromatic heterocycles. The summed E-state index contributed by atoms with van der Waals surface area (Å²) in [5, 5.41) is 18.4. The molecular formula is C17H21F2N3O2. The molecule has 1 aromatic rings. The van der Waals surface area contributed by atoms with Crippen LogP contribution in [-0.2, 0) is 4.79 Å². The molecule has 1 amide bonds. The first-order chi connectivity index (χ1) is 11.4. The summed E-state index contributed by atoms with van der Waals surface area (Å²) in [6.45, 7) is 1.02.